The molecule has 0 aliphatic carbocycles. The van der Waals surface area contributed by atoms with E-state index in [4.69, 9.17) is 0 Å². The molecule has 2 atom stereocenters. The van der Waals surface area contributed by atoms with Gasteiger partial charge in [-0.1, -0.05) is 30.3 Å². The van der Waals surface area contributed by atoms with Gasteiger partial charge in [0.2, 0.25) is 5.91 Å². The summed E-state index contributed by atoms with van der Waals surface area (Å²) in [5.41, 5.74) is 1.27. The van der Waals surface area contributed by atoms with Crippen LogP contribution in [0.2, 0.25) is 0 Å². The van der Waals surface area contributed by atoms with E-state index in [1.54, 1.807) is 0 Å². The van der Waals surface area contributed by atoms with E-state index in [-0.39, 0.29) is 24.3 Å². The Bertz CT molecular complexity index is 620. The second-order valence-corrected chi connectivity index (χ2v) is 6.33. The average Bonchev–Trinajstić information content (AvgIpc) is 3.12. The Balaban J connectivity index is 1.38. The van der Waals surface area contributed by atoms with Gasteiger partial charge < -0.3 is 10.6 Å². The van der Waals surface area contributed by atoms with Crippen LogP contribution < -0.4 is 16.0 Å². The van der Waals surface area contributed by atoms with Crippen molar-refractivity contribution in [3.05, 3.63) is 35.9 Å². The Morgan fingerprint density at radius 3 is 2.75 bits per heavy atom. The zero-order chi connectivity index (χ0) is 16.9. The van der Waals surface area contributed by atoms with Crippen LogP contribution in [0.5, 0.6) is 0 Å². The Morgan fingerprint density at radius 2 is 2.04 bits per heavy atom. The number of rotatable bonds is 6. The van der Waals surface area contributed by atoms with Gasteiger partial charge in [0.05, 0.1) is 0 Å². The van der Waals surface area contributed by atoms with Crippen LogP contribution in [-0.4, -0.2) is 47.9 Å². The third-order valence-corrected chi connectivity index (χ3v) is 4.41. The van der Waals surface area contributed by atoms with Crippen molar-refractivity contribution < 1.29 is 14.4 Å². The van der Waals surface area contributed by atoms with E-state index in [1.165, 1.54) is 5.56 Å². The number of urea groups is 1. The molecule has 7 heteroatoms. The van der Waals surface area contributed by atoms with Crippen LogP contribution in [-0.2, 0) is 16.1 Å². The first kappa shape index (κ1) is 16.4. The van der Waals surface area contributed by atoms with Gasteiger partial charge in [-0.15, -0.1) is 0 Å². The van der Waals surface area contributed by atoms with E-state index >= 15 is 0 Å². The summed E-state index contributed by atoms with van der Waals surface area (Å²) in [6.45, 7) is 2.68. The van der Waals surface area contributed by atoms with Gasteiger partial charge in [0, 0.05) is 32.1 Å². The summed E-state index contributed by atoms with van der Waals surface area (Å²) in [5, 5.41) is 7.68. The first-order valence-corrected chi connectivity index (χ1v) is 8.27. The number of imide groups is 1. The smallest absolute Gasteiger partial charge is 0.322 e. The summed E-state index contributed by atoms with van der Waals surface area (Å²) in [4.78, 5) is 36.8. The maximum absolute atomic E-state index is 12.0. The van der Waals surface area contributed by atoms with E-state index in [9.17, 15) is 14.4 Å². The minimum Gasteiger partial charge on any atom is -0.352 e. The molecule has 1 aromatic rings. The van der Waals surface area contributed by atoms with E-state index in [1.807, 2.05) is 18.2 Å². The predicted molar refractivity (Wildman–Crippen MR) is 88.0 cm³/mol. The number of benzene rings is 1. The molecule has 2 aliphatic rings. The second kappa shape index (κ2) is 7.44. The van der Waals surface area contributed by atoms with E-state index in [0.717, 1.165) is 26.1 Å². The van der Waals surface area contributed by atoms with Crippen LogP contribution >= 0.6 is 0 Å². The first-order chi connectivity index (χ1) is 11.6. The molecular formula is C17H22N4O3. The van der Waals surface area contributed by atoms with Crippen LogP contribution in [0.1, 0.15) is 24.8 Å². The highest BCUT2D eigenvalue weighted by molar-refractivity contribution is 6.04. The Hall–Kier alpha value is -2.41. The molecule has 2 fully saturated rings. The lowest BCUT2D eigenvalue weighted by Crippen LogP contribution is -2.38. The fraction of sp³-hybridized carbons (Fsp3) is 0.471. The summed E-state index contributed by atoms with van der Waals surface area (Å²) >= 11 is 0. The van der Waals surface area contributed by atoms with E-state index in [2.05, 4.69) is 33.0 Å². The van der Waals surface area contributed by atoms with Crippen molar-refractivity contribution >= 4 is 17.8 Å². The van der Waals surface area contributed by atoms with E-state index < -0.39 is 12.1 Å². The van der Waals surface area contributed by atoms with Crippen molar-refractivity contribution in [1.82, 2.24) is 20.9 Å². The van der Waals surface area contributed by atoms with Crippen molar-refractivity contribution in [3.8, 4) is 0 Å². The van der Waals surface area contributed by atoms with Crippen molar-refractivity contribution in [1.29, 1.82) is 0 Å². The molecule has 0 bridgehead atoms. The van der Waals surface area contributed by atoms with Crippen molar-refractivity contribution in [2.24, 2.45) is 0 Å². The summed E-state index contributed by atoms with van der Waals surface area (Å²) < 4.78 is 0. The third-order valence-electron chi connectivity index (χ3n) is 4.41. The van der Waals surface area contributed by atoms with Gasteiger partial charge in [-0.2, -0.15) is 0 Å². The van der Waals surface area contributed by atoms with Crippen molar-refractivity contribution in [2.75, 3.05) is 13.1 Å². The number of nitrogens with one attached hydrogen (secondary N) is 3. The molecule has 2 saturated heterocycles. The highest BCUT2D eigenvalue weighted by Crippen LogP contribution is 2.14. The summed E-state index contributed by atoms with van der Waals surface area (Å²) in [6, 6.07) is 9.33. The van der Waals surface area contributed by atoms with Gasteiger partial charge in [-0.05, 0) is 18.4 Å². The average molecular weight is 330 g/mol. The topological polar surface area (TPSA) is 90.5 Å². The molecule has 0 spiro atoms. The lowest BCUT2D eigenvalue weighted by Gasteiger charge is -2.17. The number of amides is 4. The molecule has 3 rings (SSSR count). The van der Waals surface area contributed by atoms with Crippen LogP contribution in [0.3, 0.4) is 0 Å². The molecule has 3 N–H and O–H groups in total. The van der Waals surface area contributed by atoms with Crippen molar-refractivity contribution in [3.63, 3.8) is 0 Å². The predicted octanol–water partition coefficient (Wildman–Crippen LogP) is 0.365. The molecule has 0 saturated carbocycles. The summed E-state index contributed by atoms with van der Waals surface area (Å²) in [7, 11) is 0. The van der Waals surface area contributed by atoms with E-state index in [0.29, 0.717) is 6.42 Å². The van der Waals surface area contributed by atoms with Gasteiger partial charge in [-0.3, -0.25) is 19.8 Å². The van der Waals surface area contributed by atoms with Gasteiger partial charge in [0.1, 0.15) is 6.04 Å². The SMILES string of the molecule is O=C(CC[C@@H]1NC(=O)NC1=O)N[C@H]1CCN(Cc2ccccc2)C1. The lowest BCUT2D eigenvalue weighted by molar-refractivity contribution is -0.122. The number of hydrogen-bond acceptors (Lipinski definition) is 4. The minimum atomic E-state index is -0.596. The number of nitrogens with zero attached hydrogens (tertiary/aromatic N) is 1. The summed E-state index contributed by atoms with van der Waals surface area (Å²) in [5.74, 6) is -0.432. The Labute approximate surface area is 140 Å². The fourth-order valence-electron chi connectivity index (χ4n) is 3.17. The molecule has 0 unspecified atom stereocenters. The van der Waals surface area contributed by atoms with Gasteiger partial charge in [0.25, 0.3) is 5.91 Å². The van der Waals surface area contributed by atoms with Crippen molar-refractivity contribution in [2.45, 2.75) is 37.9 Å². The normalized spacial score (nSPS) is 23.8. The van der Waals surface area contributed by atoms with Crippen LogP contribution in [0.25, 0.3) is 0 Å². The van der Waals surface area contributed by atoms with Gasteiger partial charge >= 0.3 is 6.03 Å². The minimum absolute atomic E-state index is 0.0736. The molecule has 1 aromatic carbocycles. The highest BCUT2D eigenvalue weighted by Gasteiger charge is 2.30. The van der Waals surface area contributed by atoms with Gasteiger partial charge in [0.15, 0.2) is 0 Å². The zero-order valence-electron chi connectivity index (χ0n) is 13.5. The zero-order valence-corrected chi connectivity index (χ0v) is 13.5. The molecular weight excluding hydrogens is 308 g/mol. The molecule has 0 radical (unpaired) electrons. The number of likely N-dealkylation sites (tertiary alicyclic amines) is 1. The van der Waals surface area contributed by atoms with Crippen LogP contribution in [0.15, 0.2) is 30.3 Å². The maximum Gasteiger partial charge on any atom is 0.322 e. The standard InChI is InChI=1S/C17H22N4O3/c22-15(7-6-14-16(23)20-17(24)19-14)18-13-8-9-21(11-13)10-12-4-2-1-3-5-12/h1-5,13-14H,6-11H2,(H,18,22)(H2,19,20,23,24)/t13-,14-/m0/s1. The monoisotopic (exact) mass is 330 g/mol. The Kier molecular flexibility index (Phi) is 5.10. The summed E-state index contributed by atoms with van der Waals surface area (Å²) in [6.07, 6.45) is 1.48. The number of hydrogen-bond donors (Lipinski definition) is 3. The van der Waals surface area contributed by atoms with Crippen LogP contribution in [0, 0.1) is 0 Å². The van der Waals surface area contributed by atoms with Crippen LogP contribution in [0.4, 0.5) is 4.79 Å². The highest BCUT2D eigenvalue weighted by atomic mass is 16.2. The quantitative estimate of drug-likeness (QED) is 0.657. The molecule has 7 nitrogen and oxygen atoms in total. The maximum atomic E-state index is 12.0. The molecule has 2 heterocycles. The molecule has 128 valence electrons. The fourth-order valence-corrected chi connectivity index (χ4v) is 3.17. The lowest BCUT2D eigenvalue weighted by atomic mass is 10.1. The first-order valence-electron chi connectivity index (χ1n) is 8.27. The largest absolute Gasteiger partial charge is 0.352 e. The molecule has 0 aromatic heterocycles. The number of carbonyl (C=O) groups is 3. The number of carbonyl (C=O) groups excluding carboxylic acids is 3. The third kappa shape index (κ3) is 4.32. The van der Waals surface area contributed by atoms with Gasteiger partial charge in [-0.25, -0.2) is 4.79 Å². The Morgan fingerprint density at radius 1 is 1.25 bits per heavy atom. The molecule has 24 heavy (non-hydrogen) atoms. The second-order valence-electron chi connectivity index (χ2n) is 6.33. The molecule has 4 amide bonds. The molecule has 2 aliphatic heterocycles.